The zero-order valence-corrected chi connectivity index (χ0v) is 12.8. The van der Waals surface area contributed by atoms with Gasteiger partial charge in [-0.2, -0.15) is 0 Å². The van der Waals surface area contributed by atoms with E-state index in [1.807, 2.05) is 49.4 Å². The molecule has 2 aromatic carbocycles. The van der Waals surface area contributed by atoms with E-state index in [4.69, 9.17) is 9.47 Å². The van der Waals surface area contributed by atoms with Crippen LogP contribution in [0.3, 0.4) is 0 Å². The molecule has 4 nitrogen and oxygen atoms in total. The van der Waals surface area contributed by atoms with Crippen molar-refractivity contribution in [2.24, 2.45) is 5.92 Å². The molecule has 0 unspecified atom stereocenters. The van der Waals surface area contributed by atoms with Gasteiger partial charge in [0.1, 0.15) is 18.1 Å². The number of rotatable bonds is 3. The highest BCUT2D eigenvalue weighted by atomic mass is 16.5. The van der Waals surface area contributed by atoms with Gasteiger partial charge >= 0.3 is 0 Å². The number of hydrogen-bond acceptors (Lipinski definition) is 3. The van der Waals surface area contributed by atoms with Crippen LogP contribution in [0.2, 0.25) is 0 Å². The fraction of sp³-hybridized carbons (Fsp3) is 0.278. The Labute approximate surface area is 130 Å². The van der Waals surface area contributed by atoms with E-state index in [0.717, 1.165) is 28.3 Å². The summed E-state index contributed by atoms with van der Waals surface area (Å²) in [5.74, 6) is 1.40. The van der Waals surface area contributed by atoms with Gasteiger partial charge in [0, 0.05) is 5.69 Å². The van der Waals surface area contributed by atoms with E-state index >= 15 is 0 Å². The third-order valence-corrected chi connectivity index (χ3v) is 3.83. The first-order chi connectivity index (χ1) is 10.7. The van der Waals surface area contributed by atoms with Crippen LogP contribution in [0.4, 0.5) is 5.69 Å². The minimum absolute atomic E-state index is 0.0148. The maximum absolute atomic E-state index is 12.4. The number of aryl methyl sites for hydroxylation is 1. The quantitative estimate of drug-likeness (QED) is 0.946. The van der Waals surface area contributed by atoms with Gasteiger partial charge < -0.3 is 14.8 Å². The van der Waals surface area contributed by atoms with Crippen molar-refractivity contribution in [3.05, 3.63) is 53.6 Å². The first kappa shape index (κ1) is 14.4. The lowest BCUT2D eigenvalue weighted by Crippen LogP contribution is -2.32. The molecule has 114 valence electrons. The first-order valence-electron chi connectivity index (χ1n) is 7.33. The number of amides is 1. The Morgan fingerprint density at radius 1 is 1.27 bits per heavy atom. The summed E-state index contributed by atoms with van der Waals surface area (Å²) >= 11 is 0. The normalized spacial score (nSPS) is 16.4. The van der Waals surface area contributed by atoms with Crippen molar-refractivity contribution in [1.29, 1.82) is 0 Å². The molecule has 0 spiro atoms. The van der Waals surface area contributed by atoms with Crippen LogP contribution in [-0.2, 0) is 11.2 Å². The molecule has 1 heterocycles. The minimum atomic E-state index is -0.194. The van der Waals surface area contributed by atoms with Crippen molar-refractivity contribution in [1.82, 2.24) is 0 Å². The molecule has 1 aliphatic rings. The topological polar surface area (TPSA) is 47.6 Å². The van der Waals surface area contributed by atoms with E-state index in [1.165, 1.54) is 0 Å². The van der Waals surface area contributed by atoms with Gasteiger partial charge in [0.25, 0.3) is 0 Å². The summed E-state index contributed by atoms with van der Waals surface area (Å²) in [6, 6.07) is 13.5. The van der Waals surface area contributed by atoms with Crippen LogP contribution in [0.1, 0.15) is 11.1 Å². The summed E-state index contributed by atoms with van der Waals surface area (Å²) in [5.41, 5.74) is 2.95. The SMILES string of the molecule is COc1ccc2c(c1)C[C@H](C(=O)Nc1cccc(C)c1)CO2. The van der Waals surface area contributed by atoms with E-state index < -0.39 is 0 Å². The summed E-state index contributed by atoms with van der Waals surface area (Å²) in [5, 5.41) is 2.96. The number of fused-ring (bicyclic) bond motifs is 1. The summed E-state index contributed by atoms with van der Waals surface area (Å²) in [7, 11) is 1.63. The second kappa shape index (κ2) is 6.10. The standard InChI is InChI=1S/C18H19NO3/c1-12-4-3-5-15(8-12)19-18(20)14-9-13-10-16(21-2)6-7-17(13)22-11-14/h3-8,10,14H,9,11H2,1-2H3,(H,19,20)/t14-/m0/s1. The molecule has 1 N–H and O–H groups in total. The maximum Gasteiger partial charge on any atom is 0.231 e. The van der Waals surface area contributed by atoms with Crippen LogP contribution in [0.5, 0.6) is 11.5 Å². The largest absolute Gasteiger partial charge is 0.497 e. The molecule has 0 saturated carbocycles. The average Bonchev–Trinajstić information content (AvgIpc) is 2.53. The molecule has 4 heteroatoms. The predicted octanol–water partition coefficient (Wildman–Crippen LogP) is 3.19. The van der Waals surface area contributed by atoms with Gasteiger partial charge in [-0.1, -0.05) is 12.1 Å². The lowest BCUT2D eigenvalue weighted by molar-refractivity contribution is -0.121. The fourth-order valence-corrected chi connectivity index (χ4v) is 2.63. The van der Waals surface area contributed by atoms with Crippen molar-refractivity contribution in [3.8, 4) is 11.5 Å². The van der Waals surface area contributed by atoms with Gasteiger partial charge in [0.15, 0.2) is 0 Å². The van der Waals surface area contributed by atoms with E-state index in [1.54, 1.807) is 7.11 Å². The molecule has 0 fully saturated rings. The lowest BCUT2D eigenvalue weighted by atomic mass is 9.95. The molecule has 1 aliphatic heterocycles. The minimum Gasteiger partial charge on any atom is -0.497 e. The number of carbonyl (C=O) groups is 1. The van der Waals surface area contributed by atoms with Crippen molar-refractivity contribution < 1.29 is 14.3 Å². The van der Waals surface area contributed by atoms with E-state index in [2.05, 4.69) is 5.32 Å². The van der Waals surface area contributed by atoms with Gasteiger partial charge in [-0.25, -0.2) is 0 Å². The van der Waals surface area contributed by atoms with Crippen LogP contribution >= 0.6 is 0 Å². The molecule has 0 radical (unpaired) electrons. The smallest absolute Gasteiger partial charge is 0.231 e. The molecule has 1 atom stereocenters. The molecule has 0 bridgehead atoms. The molecule has 0 aromatic heterocycles. The van der Waals surface area contributed by atoms with Gasteiger partial charge in [-0.3, -0.25) is 4.79 Å². The van der Waals surface area contributed by atoms with Crippen LogP contribution in [0.15, 0.2) is 42.5 Å². The number of ether oxygens (including phenoxy) is 2. The Hall–Kier alpha value is -2.49. The Morgan fingerprint density at radius 3 is 2.91 bits per heavy atom. The predicted molar refractivity (Wildman–Crippen MR) is 85.5 cm³/mol. The zero-order chi connectivity index (χ0) is 15.5. The van der Waals surface area contributed by atoms with Crippen molar-refractivity contribution >= 4 is 11.6 Å². The second-order valence-corrected chi connectivity index (χ2v) is 5.54. The molecule has 2 aromatic rings. The maximum atomic E-state index is 12.4. The van der Waals surface area contributed by atoms with Gasteiger partial charge in [0.2, 0.25) is 5.91 Å². The Morgan fingerprint density at radius 2 is 2.14 bits per heavy atom. The second-order valence-electron chi connectivity index (χ2n) is 5.54. The number of methoxy groups -OCH3 is 1. The number of hydrogen-bond donors (Lipinski definition) is 1. The molecule has 1 amide bonds. The molecule has 0 aliphatic carbocycles. The van der Waals surface area contributed by atoms with Gasteiger partial charge in [0.05, 0.1) is 13.0 Å². The van der Waals surface area contributed by atoms with E-state index in [9.17, 15) is 4.79 Å². The van der Waals surface area contributed by atoms with Crippen LogP contribution in [0.25, 0.3) is 0 Å². The summed E-state index contributed by atoms with van der Waals surface area (Å²) < 4.78 is 10.9. The zero-order valence-electron chi connectivity index (χ0n) is 12.8. The summed E-state index contributed by atoms with van der Waals surface area (Å²) in [6.45, 7) is 2.40. The number of carbonyl (C=O) groups excluding carboxylic acids is 1. The van der Waals surface area contributed by atoms with Crippen LogP contribution < -0.4 is 14.8 Å². The first-order valence-corrected chi connectivity index (χ1v) is 7.33. The Balaban J connectivity index is 1.72. The number of benzene rings is 2. The van der Waals surface area contributed by atoms with Gasteiger partial charge in [-0.15, -0.1) is 0 Å². The van der Waals surface area contributed by atoms with Crippen molar-refractivity contribution in [2.45, 2.75) is 13.3 Å². The highest BCUT2D eigenvalue weighted by Crippen LogP contribution is 2.31. The summed E-state index contributed by atoms with van der Waals surface area (Å²) in [4.78, 5) is 12.4. The number of anilines is 1. The molecule has 22 heavy (non-hydrogen) atoms. The summed E-state index contributed by atoms with van der Waals surface area (Å²) in [6.07, 6.45) is 0.657. The van der Waals surface area contributed by atoms with Crippen LogP contribution in [-0.4, -0.2) is 19.6 Å². The van der Waals surface area contributed by atoms with Crippen LogP contribution in [0, 0.1) is 12.8 Å². The Kier molecular flexibility index (Phi) is 4.00. The number of nitrogens with one attached hydrogen (secondary N) is 1. The van der Waals surface area contributed by atoms with Crippen molar-refractivity contribution in [2.75, 3.05) is 19.0 Å². The lowest BCUT2D eigenvalue weighted by Gasteiger charge is -2.25. The third kappa shape index (κ3) is 3.06. The molecule has 0 saturated heterocycles. The monoisotopic (exact) mass is 297 g/mol. The fourth-order valence-electron chi connectivity index (χ4n) is 2.63. The molecular weight excluding hydrogens is 278 g/mol. The van der Waals surface area contributed by atoms with E-state index in [-0.39, 0.29) is 11.8 Å². The molecular formula is C18H19NO3. The van der Waals surface area contributed by atoms with Gasteiger partial charge in [-0.05, 0) is 54.8 Å². The highest BCUT2D eigenvalue weighted by Gasteiger charge is 2.26. The third-order valence-electron chi connectivity index (χ3n) is 3.83. The molecule has 3 rings (SSSR count). The average molecular weight is 297 g/mol. The van der Waals surface area contributed by atoms with E-state index in [0.29, 0.717) is 13.0 Å². The Bertz CT molecular complexity index is 696. The van der Waals surface area contributed by atoms with Crippen molar-refractivity contribution in [3.63, 3.8) is 0 Å². The highest BCUT2D eigenvalue weighted by molar-refractivity contribution is 5.93.